The number of benzene rings is 1. The lowest BCUT2D eigenvalue weighted by molar-refractivity contribution is -0.134. The van der Waals surface area contributed by atoms with Gasteiger partial charge in [-0.25, -0.2) is 0 Å². The van der Waals surface area contributed by atoms with Gasteiger partial charge in [0, 0.05) is 55.0 Å². The Bertz CT molecular complexity index is 819. The molecule has 5 rings (SSSR count). The molecule has 1 aromatic carbocycles. The molecule has 1 saturated carbocycles. The molecule has 2 saturated heterocycles. The van der Waals surface area contributed by atoms with Crippen molar-refractivity contribution in [1.82, 2.24) is 9.80 Å². The number of halogens is 1. The van der Waals surface area contributed by atoms with Crippen molar-refractivity contribution in [1.29, 1.82) is 0 Å². The number of hydrogen-bond donors (Lipinski definition) is 0. The van der Waals surface area contributed by atoms with Crippen LogP contribution in [0.4, 0.5) is 0 Å². The van der Waals surface area contributed by atoms with Crippen molar-refractivity contribution in [2.24, 2.45) is 11.8 Å². The van der Waals surface area contributed by atoms with Crippen LogP contribution in [0, 0.1) is 11.8 Å². The van der Waals surface area contributed by atoms with Gasteiger partial charge in [-0.1, -0.05) is 29.8 Å². The van der Waals surface area contributed by atoms with Gasteiger partial charge in [-0.2, -0.15) is 11.3 Å². The van der Waals surface area contributed by atoms with Crippen molar-refractivity contribution in [3.05, 3.63) is 57.2 Å². The predicted octanol–water partition coefficient (Wildman–Crippen LogP) is 4.63. The van der Waals surface area contributed by atoms with Crippen molar-refractivity contribution < 1.29 is 4.79 Å². The summed E-state index contributed by atoms with van der Waals surface area (Å²) in [7, 11) is 0. The third kappa shape index (κ3) is 3.43. The largest absolute Gasteiger partial charge is 0.338 e. The van der Waals surface area contributed by atoms with E-state index in [0.717, 1.165) is 50.5 Å². The highest BCUT2D eigenvalue weighted by atomic mass is 35.5. The summed E-state index contributed by atoms with van der Waals surface area (Å²) in [4.78, 5) is 17.7. The summed E-state index contributed by atoms with van der Waals surface area (Å²) in [5.41, 5.74) is 2.62. The highest BCUT2D eigenvalue weighted by Gasteiger charge is 2.49. The molecule has 2 aliphatic heterocycles. The molecule has 3 heterocycles. The molecule has 3 aliphatic rings. The number of hydrogen-bond acceptors (Lipinski definition) is 3. The van der Waals surface area contributed by atoms with E-state index in [1.807, 2.05) is 12.1 Å². The van der Waals surface area contributed by atoms with Gasteiger partial charge in [0.25, 0.3) is 0 Å². The number of nitrogens with zero attached hydrogens (tertiary/aromatic N) is 2. The molecule has 2 aromatic rings. The van der Waals surface area contributed by atoms with E-state index in [1.54, 1.807) is 11.3 Å². The van der Waals surface area contributed by atoms with Crippen LogP contribution in [-0.2, 0) is 11.3 Å². The van der Waals surface area contributed by atoms with Crippen LogP contribution in [0.2, 0.25) is 5.02 Å². The smallest absolute Gasteiger partial charge is 0.225 e. The minimum Gasteiger partial charge on any atom is -0.338 e. The van der Waals surface area contributed by atoms with E-state index < -0.39 is 0 Å². The van der Waals surface area contributed by atoms with Crippen molar-refractivity contribution in [3.63, 3.8) is 0 Å². The van der Waals surface area contributed by atoms with Crippen LogP contribution < -0.4 is 0 Å². The summed E-state index contributed by atoms with van der Waals surface area (Å²) in [5, 5.41) is 5.30. The standard InChI is InChI=1S/C22H25ClN2OS/c23-20-4-2-1-3-16(20)11-24-9-7-21-19(12-24)18(17-8-10-27-14-17)13-25(21)22(26)15-5-6-15/h1-4,8,10,14-15,18-19,21H,5-7,9,11-13H2/t18-,19-,21-/m0/s1. The highest BCUT2D eigenvalue weighted by molar-refractivity contribution is 7.08. The summed E-state index contributed by atoms with van der Waals surface area (Å²) >= 11 is 8.16. The van der Waals surface area contributed by atoms with Crippen molar-refractivity contribution in [2.45, 2.75) is 37.8 Å². The first-order valence-corrected chi connectivity index (χ1v) is 11.3. The van der Waals surface area contributed by atoms with Gasteiger partial charge in [0.05, 0.1) is 0 Å². The molecule has 1 aromatic heterocycles. The summed E-state index contributed by atoms with van der Waals surface area (Å²) in [6.07, 6.45) is 3.26. The molecule has 5 heteroatoms. The Morgan fingerprint density at radius 2 is 2.00 bits per heavy atom. The summed E-state index contributed by atoms with van der Waals surface area (Å²) in [5.74, 6) is 1.73. The van der Waals surface area contributed by atoms with Crippen LogP contribution in [0.25, 0.3) is 0 Å². The zero-order valence-electron chi connectivity index (χ0n) is 15.4. The maximum atomic E-state index is 12.9. The number of fused-ring (bicyclic) bond motifs is 1. The fourth-order valence-corrected chi connectivity index (χ4v) is 5.89. The third-order valence-corrected chi connectivity index (χ3v) is 7.62. The van der Waals surface area contributed by atoms with E-state index in [1.165, 1.54) is 11.1 Å². The number of carbonyl (C=O) groups excluding carboxylic acids is 1. The summed E-state index contributed by atoms with van der Waals surface area (Å²) in [6.45, 7) is 3.89. The number of carbonyl (C=O) groups is 1. The zero-order valence-corrected chi connectivity index (χ0v) is 17.0. The Morgan fingerprint density at radius 1 is 1.15 bits per heavy atom. The van der Waals surface area contributed by atoms with Gasteiger partial charge in [0.2, 0.25) is 5.91 Å². The second-order valence-corrected chi connectivity index (χ2v) is 9.46. The molecule has 1 amide bonds. The van der Waals surface area contributed by atoms with Gasteiger partial charge in [0.1, 0.15) is 0 Å². The second-order valence-electron chi connectivity index (χ2n) is 8.27. The highest BCUT2D eigenvalue weighted by Crippen LogP contribution is 2.44. The lowest BCUT2D eigenvalue weighted by atomic mass is 9.82. The molecular weight excluding hydrogens is 376 g/mol. The average Bonchev–Trinajstić information content (AvgIpc) is 3.26. The molecule has 3 fully saturated rings. The maximum absolute atomic E-state index is 12.9. The van der Waals surface area contributed by atoms with E-state index in [2.05, 4.69) is 38.8 Å². The molecule has 0 unspecified atom stereocenters. The molecular formula is C22H25ClN2OS. The molecule has 0 bridgehead atoms. The Hall–Kier alpha value is -1.36. The van der Waals surface area contributed by atoms with Crippen molar-refractivity contribution in [2.75, 3.05) is 19.6 Å². The van der Waals surface area contributed by atoms with Crippen LogP contribution in [0.3, 0.4) is 0 Å². The number of amides is 1. The Morgan fingerprint density at radius 3 is 2.74 bits per heavy atom. The van der Waals surface area contributed by atoms with Crippen LogP contribution in [0.1, 0.15) is 36.3 Å². The Labute approximate surface area is 169 Å². The van der Waals surface area contributed by atoms with Gasteiger partial charge in [-0.05, 0) is 53.3 Å². The van der Waals surface area contributed by atoms with Crippen LogP contribution in [-0.4, -0.2) is 41.4 Å². The Balaban J connectivity index is 1.37. The molecule has 142 valence electrons. The minimum absolute atomic E-state index is 0.313. The topological polar surface area (TPSA) is 23.6 Å². The summed E-state index contributed by atoms with van der Waals surface area (Å²) in [6, 6.07) is 10.8. The summed E-state index contributed by atoms with van der Waals surface area (Å²) < 4.78 is 0. The second kappa shape index (κ2) is 7.23. The molecule has 27 heavy (non-hydrogen) atoms. The Kier molecular flexibility index (Phi) is 4.75. The predicted molar refractivity (Wildman–Crippen MR) is 110 cm³/mol. The van der Waals surface area contributed by atoms with Gasteiger partial charge in [-0.3, -0.25) is 9.69 Å². The lowest BCUT2D eigenvalue weighted by Crippen LogP contribution is -2.48. The quantitative estimate of drug-likeness (QED) is 0.747. The van der Waals surface area contributed by atoms with Gasteiger partial charge in [-0.15, -0.1) is 0 Å². The SMILES string of the molecule is O=C(C1CC1)N1C[C@@H](c2ccsc2)[C@@H]2CN(Cc3ccccc3Cl)CC[C@@H]21. The van der Waals surface area contributed by atoms with Gasteiger partial charge >= 0.3 is 0 Å². The number of likely N-dealkylation sites (tertiary alicyclic amines) is 2. The number of thiophene rings is 1. The number of piperidine rings is 1. The van der Waals surface area contributed by atoms with Gasteiger partial charge in [0.15, 0.2) is 0 Å². The fraction of sp³-hybridized carbons (Fsp3) is 0.500. The zero-order chi connectivity index (χ0) is 18.4. The molecule has 0 N–H and O–H groups in total. The fourth-order valence-electron chi connectivity index (χ4n) is 4.97. The van der Waals surface area contributed by atoms with Crippen LogP contribution in [0.15, 0.2) is 41.1 Å². The van der Waals surface area contributed by atoms with E-state index in [4.69, 9.17) is 11.6 Å². The maximum Gasteiger partial charge on any atom is 0.225 e. The van der Waals surface area contributed by atoms with E-state index >= 15 is 0 Å². The monoisotopic (exact) mass is 400 g/mol. The van der Waals surface area contributed by atoms with E-state index in [0.29, 0.717) is 29.7 Å². The average molecular weight is 401 g/mol. The number of rotatable bonds is 4. The van der Waals surface area contributed by atoms with Crippen molar-refractivity contribution >= 4 is 28.8 Å². The van der Waals surface area contributed by atoms with E-state index in [9.17, 15) is 4.79 Å². The van der Waals surface area contributed by atoms with Gasteiger partial charge < -0.3 is 4.90 Å². The van der Waals surface area contributed by atoms with Crippen molar-refractivity contribution in [3.8, 4) is 0 Å². The molecule has 1 aliphatic carbocycles. The molecule has 0 spiro atoms. The molecule has 3 nitrogen and oxygen atoms in total. The molecule has 3 atom stereocenters. The van der Waals surface area contributed by atoms with Crippen LogP contribution >= 0.6 is 22.9 Å². The first kappa shape index (κ1) is 17.7. The normalized spacial score (nSPS) is 28.3. The molecule has 0 radical (unpaired) electrons. The van der Waals surface area contributed by atoms with E-state index in [-0.39, 0.29) is 0 Å². The first-order chi connectivity index (χ1) is 13.2. The first-order valence-electron chi connectivity index (χ1n) is 9.99. The minimum atomic E-state index is 0.313. The lowest BCUT2D eigenvalue weighted by Gasteiger charge is -2.39. The van der Waals surface area contributed by atoms with Crippen LogP contribution in [0.5, 0.6) is 0 Å². The third-order valence-electron chi connectivity index (χ3n) is 6.55.